The van der Waals surface area contributed by atoms with Gasteiger partial charge >= 0.3 is 0 Å². The molecule has 0 aromatic rings. The largest absolute Gasteiger partial charge is 0.414 e. The predicted octanol–water partition coefficient (Wildman–Crippen LogP) is 9.39. The minimum absolute atomic E-state index is 0.205. The zero-order chi connectivity index (χ0) is 29.4. The van der Waals surface area contributed by atoms with Crippen LogP contribution in [0.1, 0.15) is 124 Å². The Labute approximate surface area is 229 Å². The van der Waals surface area contributed by atoms with Gasteiger partial charge < -0.3 is 9.53 Å². The van der Waals surface area contributed by atoms with E-state index in [2.05, 4.69) is 60.7 Å². The molecular weight excluding hydrogens is 456 g/mol. The fraction of sp³-hybridized carbons (Fsp3) is 0.939. The van der Waals surface area contributed by atoms with Gasteiger partial charge in [0.25, 0.3) is 0 Å². The molecule has 4 rings (SSSR count). The van der Waals surface area contributed by atoms with Crippen molar-refractivity contribution in [3.05, 3.63) is 11.6 Å². The van der Waals surface area contributed by atoms with Crippen LogP contribution in [0.25, 0.3) is 0 Å². The number of rotatable bonds is 7. The Morgan fingerprint density at radius 1 is 1.11 bits per heavy atom. The number of allylic oxidation sites excluding steroid dienone is 1. The van der Waals surface area contributed by atoms with E-state index in [4.69, 9.17) is 8.54 Å². The van der Waals surface area contributed by atoms with Crippen LogP contribution in [-0.2, 0) is 4.43 Å². The summed E-state index contributed by atoms with van der Waals surface area (Å²) in [4.78, 5) is 0. The number of aliphatic hydroxyl groups excluding tert-OH is 1. The van der Waals surface area contributed by atoms with Gasteiger partial charge in [0.15, 0.2) is 8.32 Å². The summed E-state index contributed by atoms with van der Waals surface area (Å²) in [6.07, 6.45) is 10.1. The van der Waals surface area contributed by atoms with Crippen LogP contribution in [0, 0.1) is 46.3 Å². The van der Waals surface area contributed by atoms with E-state index < -0.39 is 26.7 Å². The van der Waals surface area contributed by atoms with Gasteiger partial charge in [-0.15, -0.1) is 0 Å². The van der Waals surface area contributed by atoms with Crippen LogP contribution in [-0.4, -0.2) is 25.6 Å². The van der Waals surface area contributed by atoms with E-state index in [1.807, 2.05) is 0 Å². The first kappa shape index (κ1) is 24.9. The topological polar surface area (TPSA) is 29.5 Å². The molecule has 0 bridgehead atoms. The highest BCUT2D eigenvalue weighted by Gasteiger charge is 2.59. The van der Waals surface area contributed by atoms with E-state index >= 15 is 0 Å². The van der Waals surface area contributed by atoms with Crippen LogP contribution in [0.2, 0.25) is 18.1 Å². The molecule has 0 aromatic heterocycles. The summed E-state index contributed by atoms with van der Waals surface area (Å²) < 4.78 is 32.4. The van der Waals surface area contributed by atoms with Crippen LogP contribution in [0.3, 0.4) is 0 Å². The van der Waals surface area contributed by atoms with E-state index in [1.54, 1.807) is 19.4 Å². The summed E-state index contributed by atoms with van der Waals surface area (Å²) >= 11 is 0. The normalized spacial score (nSPS) is 42.7. The van der Waals surface area contributed by atoms with Crippen molar-refractivity contribution in [3.63, 3.8) is 0 Å². The molecule has 4 aliphatic carbocycles. The van der Waals surface area contributed by atoms with Crippen molar-refractivity contribution in [3.8, 4) is 0 Å². The van der Waals surface area contributed by atoms with Gasteiger partial charge in [-0.2, -0.15) is 0 Å². The number of hydrogen-bond acceptors (Lipinski definition) is 2. The van der Waals surface area contributed by atoms with E-state index in [9.17, 15) is 5.11 Å². The van der Waals surface area contributed by atoms with Crippen LogP contribution in [0.15, 0.2) is 11.6 Å². The summed E-state index contributed by atoms with van der Waals surface area (Å²) in [5, 5.41) is 10.9. The van der Waals surface area contributed by atoms with Crippen molar-refractivity contribution >= 4 is 8.32 Å². The molecule has 3 saturated carbocycles. The van der Waals surface area contributed by atoms with Gasteiger partial charge in [-0.1, -0.05) is 67.0 Å². The Bertz CT molecular complexity index is 934. The fourth-order valence-corrected chi connectivity index (χ4v) is 10.3. The van der Waals surface area contributed by atoms with Crippen molar-refractivity contribution < 1.29 is 13.6 Å². The minimum atomic E-state index is -1.77. The lowest BCUT2D eigenvalue weighted by Crippen LogP contribution is -2.52. The van der Waals surface area contributed by atoms with Crippen LogP contribution < -0.4 is 0 Å². The van der Waals surface area contributed by atoms with Crippen molar-refractivity contribution in [1.82, 2.24) is 0 Å². The van der Waals surface area contributed by atoms with Gasteiger partial charge in [-0.3, -0.25) is 0 Å². The fourth-order valence-electron chi connectivity index (χ4n) is 8.94. The average molecular weight is 520 g/mol. The molecule has 0 saturated heterocycles. The highest BCUT2D eigenvalue weighted by atomic mass is 28.4. The molecule has 4 aliphatic rings. The molecular formula is C33H60O2Si. The smallest absolute Gasteiger partial charge is 0.192 e. The van der Waals surface area contributed by atoms with Gasteiger partial charge in [-0.05, 0) is 129 Å². The third-order valence-electron chi connectivity index (χ3n) is 12.3. The van der Waals surface area contributed by atoms with Gasteiger partial charge in [0.1, 0.15) is 0 Å². The lowest BCUT2D eigenvalue weighted by atomic mass is 9.47. The summed E-state index contributed by atoms with van der Waals surface area (Å²) in [6.45, 7) is 22.4. The molecule has 0 heterocycles. The molecule has 0 radical (unpaired) electrons. The van der Waals surface area contributed by atoms with Gasteiger partial charge in [0.2, 0.25) is 0 Å². The minimum Gasteiger partial charge on any atom is -0.414 e. The molecule has 0 amide bonds. The maximum absolute atomic E-state index is 10.6. The Morgan fingerprint density at radius 3 is 2.44 bits per heavy atom. The summed E-state index contributed by atoms with van der Waals surface area (Å²) in [6, 6.07) is 0. The lowest BCUT2D eigenvalue weighted by Gasteiger charge is -2.59. The standard InChI is InChI=1S/C33H60O2Si/c1-22(2)30(34)16-11-23(3)27-14-15-28-26-13-12-24-21-25(35-36(9,10)31(4,5)6)17-19-32(24,7)29(26)18-20-33(27,28)8/h12,22-23,25-30,34H,11,13-21H2,1-10H3/t23-,25+,26+,27-,28+,29+,30?,32+,33-/m1/s1/i16D2,22D. The van der Waals surface area contributed by atoms with Crippen LogP contribution in [0.5, 0.6) is 0 Å². The molecule has 1 unspecified atom stereocenters. The molecule has 9 atom stereocenters. The van der Waals surface area contributed by atoms with E-state index in [0.717, 1.165) is 18.3 Å². The predicted molar refractivity (Wildman–Crippen MR) is 157 cm³/mol. The van der Waals surface area contributed by atoms with E-state index in [-0.39, 0.29) is 16.4 Å². The summed E-state index contributed by atoms with van der Waals surface area (Å²) in [5.41, 5.74) is 2.25. The summed E-state index contributed by atoms with van der Waals surface area (Å²) in [7, 11) is -1.77. The number of hydrogen-bond donors (Lipinski definition) is 1. The Hall–Kier alpha value is -0.123. The first-order chi connectivity index (χ1) is 17.6. The molecule has 3 heteroatoms. The Morgan fingerprint density at radius 2 is 1.81 bits per heavy atom. The first-order valence-electron chi connectivity index (χ1n) is 16.7. The van der Waals surface area contributed by atoms with Gasteiger partial charge in [-0.25, -0.2) is 0 Å². The number of fused-ring (bicyclic) bond motifs is 5. The Kier molecular flexibility index (Phi) is 7.00. The molecule has 36 heavy (non-hydrogen) atoms. The van der Waals surface area contributed by atoms with Crippen molar-refractivity contribution in [2.24, 2.45) is 46.3 Å². The van der Waals surface area contributed by atoms with Crippen LogP contribution in [0.4, 0.5) is 0 Å². The average Bonchev–Trinajstić information content (AvgIpc) is 3.14. The molecule has 0 aromatic carbocycles. The SMILES string of the molecule is [2H]C(C)(C)C(O)C([2H])([2H])C[C@@H](C)[C@H]1CC[C@H]2[C@@H]3CC=C4C[C@@H](O[Si](C)(C)C(C)(C)C)CC[C@]4(C)[C@H]3CC[C@]12C. The molecule has 0 aliphatic heterocycles. The second-order valence-electron chi connectivity index (χ2n) is 15.6. The zero-order valence-corrected chi connectivity index (χ0v) is 26.3. The summed E-state index contributed by atoms with van der Waals surface area (Å²) in [5.74, 6) is 1.71. The van der Waals surface area contributed by atoms with Crippen molar-refractivity contribution in [2.75, 3.05) is 0 Å². The van der Waals surface area contributed by atoms with Gasteiger partial charge in [0, 0.05) is 10.2 Å². The Balaban J connectivity index is 1.48. The molecule has 1 N–H and O–H groups in total. The molecule has 208 valence electrons. The molecule has 0 spiro atoms. The molecule has 2 nitrogen and oxygen atoms in total. The second kappa shape index (κ2) is 10.1. The maximum atomic E-state index is 10.6. The van der Waals surface area contributed by atoms with Gasteiger partial charge in [0.05, 0.1) is 6.10 Å². The lowest BCUT2D eigenvalue weighted by molar-refractivity contribution is -0.0572. The highest BCUT2D eigenvalue weighted by Crippen LogP contribution is 2.67. The van der Waals surface area contributed by atoms with Crippen molar-refractivity contribution in [2.45, 2.75) is 150 Å². The second-order valence-corrected chi connectivity index (χ2v) is 20.4. The first-order valence-corrected chi connectivity index (χ1v) is 18.1. The number of aliphatic hydroxyl groups is 1. The monoisotopic (exact) mass is 519 g/mol. The van der Waals surface area contributed by atoms with E-state index in [1.165, 1.54) is 44.9 Å². The van der Waals surface area contributed by atoms with Crippen LogP contribution >= 0.6 is 0 Å². The highest BCUT2D eigenvalue weighted by molar-refractivity contribution is 6.74. The maximum Gasteiger partial charge on any atom is 0.192 e. The zero-order valence-electron chi connectivity index (χ0n) is 28.3. The molecule has 3 fully saturated rings. The van der Waals surface area contributed by atoms with Crippen molar-refractivity contribution in [1.29, 1.82) is 0 Å². The third-order valence-corrected chi connectivity index (χ3v) is 16.8. The third kappa shape index (κ3) is 5.08. The van der Waals surface area contributed by atoms with E-state index in [0.29, 0.717) is 29.8 Å². The quantitative estimate of drug-likeness (QED) is 0.268.